The van der Waals surface area contributed by atoms with Gasteiger partial charge in [0.2, 0.25) is 0 Å². The van der Waals surface area contributed by atoms with E-state index in [0.717, 1.165) is 25.9 Å². The molecule has 0 saturated carbocycles. The fourth-order valence-corrected chi connectivity index (χ4v) is 3.43. The highest BCUT2D eigenvalue weighted by atomic mass is 16.5. The lowest BCUT2D eigenvalue weighted by molar-refractivity contribution is -0.0206. The SMILES string of the molecule is CC1CCN(C2C(CNC(=O)NC(C)C)OC(CO)C2O)CC1. The molecule has 0 bridgehead atoms. The van der Waals surface area contributed by atoms with Crippen LogP contribution in [0.2, 0.25) is 0 Å². The van der Waals surface area contributed by atoms with Crippen LogP contribution >= 0.6 is 0 Å². The van der Waals surface area contributed by atoms with E-state index in [0.29, 0.717) is 12.5 Å². The quantitative estimate of drug-likeness (QED) is 0.566. The van der Waals surface area contributed by atoms with Crippen molar-refractivity contribution >= 4 is 6.03 Å². The maximum Gasteiger partial charge on any atom is 0.315 e. The van der Waals surface area contributed by atoms with Gasteiger partial charge in [0, 0.05) is 12.6 Å². The first kappa shape index (κ1) is 18.4. The van der Waals surface area contributed by atoms with Gasteiger partial charge in [-0.05, 0) is 45.7 Å². The summed E-state index contributed by atoms with van der Waals surface area (Å²) in [5.74, 6) is 0.702. The Morgan fingerprint density at radius 1 is 1.30 bits per heavy atom. The number of carbonyl (C=O) groups is 1. The lowest BCUT2D eigenvalue weighted by atomic mass is 9.94. The van der Waals surface area contributed by atoms with Crippen LogP contribution in [0.4, 0.5) is 4.79 Å². The number of aliphatic hydroxyl groups is 2. The molecule has 2 fully saturated rings. The van der Waals surface area contributed by atoms with Crippen molar-refractivity contribution in [1.82, 2.24) is 15.5 Å². The van der Waals surface area contributed by atoms with Gasteiger partial charge in [0.15, 0.2) is 0 Å². The fraction of sp³-hybridized carbons (Fsp3) is 0.938. The maximum atomic E-state index is 11.8. The van der Waals surface area contributed by atoms with Crippen LogP contribution in [0, 0.1) is 5.92 Å². The first-order valence-electron chi connectivity index (χ1n) is 8.65. The number of hydrogen-bond acceptors (Lipinski definition) is 5. The molecule has 0 aromatic heterocycles. The lowest BCUT2D eigenvalue weighted by Gasteiger charge is -2.38. The number of nitrogens with one attached hydrogen (secondary N) is 2. The molecular weight excluding hydrogens is 298 g/mol. The summed E-state index contributed by atoms with van der Waals surface area (Å²) in [4.78, 5) is 14.0. The van der Waals surface area contributed by atoms with Gasteiger partial charge < -0.3 is 25.6 Å². The topological polar surface area (TPSA) is 94.1 Å². The average Bonchev–Trinajstić information content (AvgIpc) is 2.81. The van der Waals surface area contributed by atoms with Gasteiger partial charge in [0.1, 0.15) is 12.2 Å². The predicted octanol–water partition coefficient (Wildman–Crippen LogP) is -0.0849. The van der Waals surface area contributed by atoms with Gasteiger partial charge in [-0.25, -0.2) is 4.79 Å². The van der Waals surface area contributed by atoms with Crippen molar-refractivity contribution in [2.24, 2.45) is 5.92 Å². The van der Waals surface area contributed by atoms with Crippen LogP contribution in [-0.4, -0.2) is 77.8 Å². The molecular formula is C16H31N3O4. The summed E-state index contributed by atoms with van der Waals surface area (Å²) in [6.45, 7) is 7.98. The van der Waals surface area contributed by atoms with Crippen molar-refractivity contribution < 1.29 is 19.7 Å². The largest absolute Gasteiger partial charge is 0.394 e. The molecule has 134 valence electrons. The Bertz CT molecular complexity index is 386. The molecule has 4 N–H and O–H groups in total. The van der Waals surface area contributed by atoms with Crippen molar-refractivity contribution in [2.45, 2.75) is 64.0 Å². The molecule has 0 aromatic rings. The molecule has 2 aliphatic heterocycles. The zero-order valence-corrected chi connectivity index (χ0v) is 14.4. The third kappa shape index (κ3) is 4.79. The predicted molar refractivity (Wildman–Crippen MR) is 87.2 cm³/mol. The summed E-state index contributed by atoms with van der Waals surface area (Å²) in [5.41, 5.74) is 0. The molecule has 23 heavy (non-hydrogen) atoms. The first-order valence-corrected chi connectivity index (χ1v) is 8.65. The minimum absolute atomic E-state index is 0.0645. The highest BCUT2D eigenvalue weighted by molar-refractivity contribution is 5.74. The van der Waals surface area contributed by atoms with E-state index in [1.807, 2.05) is 13.8 Å². The van der Waals surface area contributed by atoms with Crippen molar-refractivity contribution in [3.63, 3.8) is 0 Å². The van der Waals surface area contributed by atoms with Crippen LogP contribution in [0.15, 0.2) is 0 Å². The standard InChI is InChI=1S/C16H31N3O4/c1-10(2)18-16(22)17-8-12-14(15(21)13(9-20)23-12)19-6-4-11(3)5-7-19/h10-15,20-21H,4-9H2,1-3H3,(H2,17,18,22). The number of aliphatic hydroxyl groups excluding tert-OH is 2. The third-order valence-corrected chi connectivity index (χ3v) is 4.76. The summed E-state index contributed by atoms with van der Waals surface area (Å²) >= 11 is 0. The number of urea groups is 1. The second kappa shape index (κ2) is 8.28. The number of piperidine rings is 1. The minimum atomic E-state index is -0.728. The van der Waals surface area contributed by atoms with Gasteiger partial charge in [0.05, 0.1) is 18.8 Å². The van der Waals surface area contributed by atoms with Crippen molar-refractivity contribution in [1.29, 1.82) is 0 Å². The number of amides is 2. The van der Waals surface area contributed by atoms with E-state index >= 15 is 0 Å². The Hall–Kier alpha value is -0.890. The molecule has 2 heterocycles. The molecule has 4 unspecified atom stereocenters. The van der Waals surface area contributed by atoms with E-state index in [4.69, 9.17) is 4.74 Å². The van der Waals surface area contributed by atoms with Crippen LogP contribution in [0.5, 0.6) is 0 Å². The number of hydrogen-bond donors (Lipinski definition) is 4. The van der Waals surface area contributed by atoms with Gasteiger partial charge in [-0.3, -0.25) is 4.90 Å². The summed E-state index contributed by atoms with van der Waals surface area (Å²) < 4.78 is 5.79. The number of nitrogens with zero attached hydrogens (tertiary/aromatic N) is 1. The van der Waals surface area contributed by atoms with Crippen LogP contribution in [0.1, 0.15) is 33.6 Å². The van der Waals surface area contributed by atoms with Crippen LogP contribution in [-0.2, 0) is 4.74 Å². The maximum absolute atomic E-state index is 11.8. The van der Waals surface area contributed by atoms with E-state index in [-0.39, 0.29) is 30.8 Å². The normalized spacial score (nSPS) is 33.1. The summed E-state index contributed by atoms with van der Waals surface area (Å²) in [5, 5.41) is 25.5. The fourth-order valence-electron chi connectivity index (χ4n) is 3.43. The van der Waals surface area contributed by atoms with E-state index in [2.05, 4.69) is 22.5 Å². The second-order valence-corrected chi connectivity index (χ2v) is 7.10. The smallest absolute Gasteiger partial charge is 0.315 e. The van der Waals surface area contributed by atoms with Crippen LogP contribution in [0.3, 0.4) is 0 Å². The molecule has 0 aliphatic carbocycles. The molecule has 0 aromatic carbocycles. The summed E-state index contributed by atoms with van der Waals surface area (Å²) in [6.07, 6.45) is 0.572. The van der Waals surface area contributed by atoms with Crippen LogP contribution in [0.25, 0.3) is 0 Å². The Balaban J connectivity index is 1.96. The van der Waals surface area contributed by atoms with Gasteiger partial charge in [0.25, 0.3) is 0 Å². The summed E-state index contributed by atoms with van der Waals surface area (Å²) in [6, 6.07) is -0.356. The highest BCUT2D eigenvalue weighted by Crippen LogP contribution is 2.29. The third-order valence-electron chi connectivity index (χ3n) is 4.76. The molecule has 2 saturated heterocycles. The number of ether oxygens (including phenoxy) is 1. The number of rotatable bonds is 5. The first-order chi connectivity index (χ1) is 10.9. The van der Waals surface area contributed by atoms with Crippen LogP contribution < -0.4 is 10.6 Å². The van der Waals surface area contributed by atoms with Gasteiger partial charge >= 0.3 is 6.03 Å². The van der Waals surface area contributed by atoms with E-state index < -0.39 is 12.2 Å². The molecule has 0 radical (unpaired) electrons. The van der Waals surface area contributed by atoms with E-state index in [1.165, 1.54) is 0 Å². The molecule has 0 spiro atoms. The molecule has 2 rings (SSSR count). The zero-order chi connectivity index (χ0) is 17.0. The van der Waals surface area contributed by atoms with E-state index in [9.17, 15) is 15.0 Å². The van der Waals surface area contributed by atoms with Gasteiger partial charge in [-0.1, -0.05) is 6.92 Å². The Morgan fingerprint density at radius 3 is 2.52 bits per heavy atom. The molecule has 2 amide bonds. The highest BCUT2D eigenvalue weighted by Gasteiger charge is 2.46. The van der Waals surface area contributed by atoms with Gasteiger partial charge in [-0.2, -0.15) is 0 Å². The molecule has 7 heteroatoms. The summed E-state index contributed by atoms with van der Waals surface area (Å²) in [7, 11) is 0. The molecule has 7 nitrogen and oxygen atoms in total. The second-order valence-electron chi connectivity index (χ2n) is 7.10. The van der Waals surface area contributed by atoms with Gasteiger partial charge in [-0.15, -0.1) is 0 Å². The number of likely N-dealkylation sites (tertiary alicyclic amines) is 1. The monoisotopic (exact) mass is 329 g/mol. The van der Waals surface area contributed by atoms with E-state index in [1.54, 1.807) is 0 Å². The van der Waals surface area contributed by atoms with Crippen molar-refractivity contribution in [3.05, 3.63) is 0 Å². The Labute approximate surface area is 138 Å². The Kier molecular flexibility index (Phi) is 6.64. The molecule has 2 aliphatic rings. The van der Waals surface area contributed by atoms with Crippen molar-refractivity contribution in [3.8, 4) is 0 Å². The van der Waals surface area contributed by atoms with Crippen molar-refractivity contribution in [2.75, 3.05) is 26.2 Å². The number of carbonyl (C=O) groups excluding carboxylic acids is 1. The average molecular weight is 329 g/mol. The lowest BCUT2D eigenvalue weighted by Crippen LogP contribution is -2.54. The zero-order valence-electron chi connectivity index (χ0n) is 14.4. The molecule has 4 atom stereocenters. The Morgan fingerprint density at radius 2 is 1.96 bits per heavy atom. The minimum Gasteiger partial charge on any atom is -0.394 e.